The molecule has 1 aromatic heterocycles. The fourth-order valence-electron chi connectivity index (χ4n) is 3.04. The molecule has 3 rings (SSSR count). The highest BCUT2D eigenvalue weighted by Crippen LogP contribution is 2.22. The van der Waals surface area contributed by atoms with Crippen molar-refractivity contribution in [2.75, 3.05) is 19.3 Å². The molecule has 1 aromatic carbocycles. The van der Waals surface area contributed by atoms with Gasteiger partial charge in [-0.1, -0.05) is 18.2 Å². The van der Waals surface area contributed by atoms with Crippen molar-refractivity contribution < 1.29 is 12.8 Å². The molecule has 0 spiro atoms. The summed E-state index contributed by atoms with van der Waals surface area (Å²) in [5.74, 6) is 0.878. The Morgan fingerprint density at radius 3 is 2.65 bits per heavy atom. The van der Waals surface area contributed by atoms with Crippen LogP contribution < -0.4 is 4.72 Å². The lowest BCUT2D eigenvalue weighted by atomic mass is 10.0. The number of hydrogen-bond donors (Lipinski definition) is 1. The van der Waals surface area contributed by atoms with Gasteiger partial charge in [0.25, 0.3) is 0 Å². The third-order valence-electron chi connectivity index (χ3n) is 4.11. The van der Waals surface area contributed by atoms with Crippen LogP contribution >= 0.6 is 0 Å². The smallest absolute Gasteiger partial charge is 0.208 e. The quantitative estimate of drug-likeness (QED) is 0.912. The summed E-state index contributed by atoms with van der Waals surface area (Å²) in [6.07, 6.45) is 4.61. The second-order valence-electron chi connectivity index (χ2n) is 6.12. The van der Waals surface area contributed by atoms with Gasteiger partial charge in [0, 0.05) is 31.2 Å². The Hall–Kier alpha value is -1.63. The molecule has 124 valence electrons. The van der Waals surface area contributed by atoms with Crippen molar-refractivity contribution in [1.82, 2.24) is 9.62 Å². The highest BCUT2D eigenvalue weighted by molar-refractivity contribution is 7.88. The van der Waals surface area contributed by atoms with Crippen molar-refractivity contribution in [3.63, 3.8) is 0 Å². The van der Waals surface area contributed by atoms with Gasteiger partial charge in [-0.2, -0.15) is 0 Å². The minimum absolute atomic E-state index is 0.0655. The van der Waals surface area contributed by atoms with Crippen LogP contribution in [-0.2, 0) is 16.6 Å². The predicted octanol–water partition coefficient (Wildman–Crippen LogP) is 2.46. The molecule has 5 nitrogen and oxygen atoms in total. The highest BCUT2D eigenvalue weighted by Gasteiger charge is 2.21. The molecule has 0 bridgehead atoms. The van der Waals surface area contributed by atoms with Crippen LogP contribution in [0.3, 0.4) is 0 Å². The van der Waals surface area contributed by atoms with Crippen molar-refractivity contribution in [3.05, 3.63) is 48.2 Å². The van der Waals surface area contributed by atoms with E-state index in [1.54, 1.807) is 6.26 Å². The zero-order valence-corrected chi connectivity index (χ0v) is 14.1. The molecule has 1 aliphatic rings. The molecule has 6 heteroatoms. The molecule has 1 aliphatic heterocycles. The van der Waals surface area contributed by atoms with Gasteiger partial charge in [0.05, 0.1) is 12.5 Å². The maximum Gasteiger partial charge on any atom is 0.208 e. The van der Waals surface area contributed by atoms with E-state index in [-0.39, 0.29) is 6.04 Å². The lowest BCUT2D eigenvalue weighted by Crippen LogP contribution is -2.43. The Balaban J connectivity index is 1.58. The number of sulfonamides is 1. The van der Waals surface area contributed by atoms with E-state index in [1.165, 1.54) is 11.8 Å². The van der Waals surface area contributed by atoms with Crippen LogP contribution in [0.15, 0.2) is 47.1 Å². The van der Waals surface area contributed by atoms with Gasteiger partial charge in [0.15, 0.2) is 0 Å². The molecule has 0 amide bonds. The van der Waals surface area contributed by atoms with Crippen LogP contribution in [0.25, 0.3) is 11.3 Å². The second kappa shape index (κ2) is 6.86. The number of rotatable bonds is 5. The monoisotopic (exact) mass is 334 g/mol. The van der Waals surface area contributed by atoms with Gasteiger partial charge in [-0.25, -0.2) is 13.1 Å². The maximum absolute atomic E-state index is 11.3. The third kappa shape index (κ3) is 4.67. The van der Waals surface area contributed by atoms with Crippen LogP contribution in [0.4, 0.5) is 0 Å². The van der Waals surface area contributed by atoms with Gasteiger partial charge in [-0.15, -0.1) is 0 Å². The topological polar surface area (TPSA) is 62.6 Å². The second-order valence-corrected chi connectivity index (χ2v) is 7.90. The zero-order chi connectivity index (χ0) is 16.3. The van der Waals surface area contributed by atoms with Crippen LogP contribution in [-0.4, -0.2) is 38.7 Å². The summed E-state index contributed by atoms with van der Waals surface area (Å²) in [6, 6.07) is 12.3. The summed E-state index contributed by atoms with van der Waals surface area (Å²) in [7, 11) is -3.11. The summed E-state index contributed by atoms with van der Waals surface area (Å²) < 4.78 is 30.7. The minimum atomic E-state index is -3.11. The summed E-state index contributed by atoms with van der Waals surface area (Å²) in [6.45, 7) is 2.68. The maximum atomic E-state index is 11.3. The molecule has 0 saturated carbocycles. The van der Waals surface area contributed by atoms with Gasteiger partial charge >= 0.3 is 0 Å². The van der Waals surface area contributed by atoms with E-state index in [9.17, 15) is 8.42 Å². The van der Waals surface area contributed by atoms with E-state index in [0.29, 0.717) is 0 Å². The summed E-state index contributed by atoms with van der Waals surface area (Å²) in [4.78, 5) is 2.36. The highest BCUT2D eigenvalue weighted by atomic mass is 32.2. The van der Waals surface area contributed by atoms with Gasteiger partial charge in [-0.3, -0.25) is 4.90 Å². The average molecular weight is 334 g/mol. The van der Waals surface area contributed by atoms with Gasteiger partial charge in [-0.05, 0) is 36.6 Å². The fourth-order valence-corrected chi connectivity index (χ4v) is 3.88. The molecule has 1 fully saturated rings. The molecule has 0 atom stereocenters. The van der Waals surface area contributed by atoms with E-state index < -0.39 is 10.0 Å². The first-order valence-corrected chi connectivity index (χ1v) is 9.71. The van der Waals surface area contributed by atoms with Crippen molar-refractivity contribution in [3.8, 4) is 11.3 Å². The minimum Gasteiger partial charge on any atom is -0.464 e. The number of furan rings is 1. The van der Waals surface area contributed by atoms with Gasteiger partial charge in [0.1, 0.15) is 5.76 Å². The third-order valence-corrected chi connectivity index (χ3v) is 4.87. The lowest BCUT2D eigenvalue weighted by molar-refractivity contribution is 0.200. The molecule has 23 heavy (non-hydrogen) atoms. The number of likely N-dealkylation sites (tertiary alicyclic amines) is 1. The Morgan fingerprint density at radius 2 is 2.00 bits per heavy atom. The molecule has 0 radical (unpaired) electrons. The Kier molecular flexibility index (Phi) is 4.84. The van der Waals surface area contributed by atoms with Crippen LogP contribution in [0.1, 0.15) is 18.4 Å². The predicted molar refractivity (Wildman–Crippen MR) is 90.4 cm³/mol. The SMILES string of the molecule is CS(=O)(=O)NC1CCN(Cc2cccc(-c3ccco3)c2)CC1. The first kappa shape index (κ1) is 16.2. The van der Waals surface area contributed by atoms with E-state index in [1.807, 2.05) is 24.3 Å². The zero-order valence-electron chi connectivity index (χ0n) is 13.2. The molecule has 1 saturated heterocycles. The van der Waals surface area contributed by atoms with Crippen molar-refractivity contribution in [2.45, 2.75) is 25.4 Å². The van der Waals surface area contributed by atoms with Crippen molar-refractivity contribution >= 4 is 10.0 Å². The van der Waals surface area contributed by atoms with Crippen LogP contribution in [0.5, 0.6) is 0 Å². The number of hydrogen-bond acceptors (Lipinski definition) is 4. The Bertz CT molecular complexity index is 733. The average Bonchev–Trinajstić information content (AvgIpc) is 3.02. The van der Waals surface area contributed by atoms with Crippen molar-refractivity contribution in [2.24, 2.45) is 0 Å². The van der Waals surface area contributed by atoms with E-state index in [0.717, 1.165) is 43.8 Å². The Labute approximate surface area is 137 Å². The summed E-state index contributed by atoms with van der Waals surface area (Å²) in [5, 5.41) is 0. The van der Waals surface area contributed by atoms with Crippen LogP contribution in [0.2, 0.25) is 0 Å². The first-order valence-electron chi connectivity index (χ1n) is 7.82. The summed E-state index contributed by atoms with van der Waals surface area (Å²) in [5.41, 5.74) is 2.33. The molecule has 0 aliphatic carbocycles. The summed E-state index contributed by atoms with van der Waals surface area (Å²) >= 11 is 0. The largest absolute Gasteiger partial charge is 0.464 e. The lowest BCUT2D eigenvalue weighted by Gasteiger charge is -2.32. The Morgan fingerprint density at radius 1 is 1.22 bits per heavy atom. The number of nitrogens with zero attached hydrogens (tertiary/aromatic N) is 1. The van der Waals surface area contributed by atoms with E-state index in [2.05, 4.69) is 21.8 Å². The molecule has 2 aromatic rings. The standard InChI is InChI=1S/C17H22N2O3S/c1-23(20,21)18-16-7-9-19(10-8-16)13-14-4-2-5-15(12-14)17-6-3-11-22-17/h2-6,11-12,16,18H,7-10,13H2,1H3. The molecular formula is C17H22N2O3S. The molecule has 0 unspecified atom stereocenters. The number of nitrogens with one attached hydrogen (secondary N) is 1. The van der Waals surface area contributed by atoms with E-state index in [4.69, 9.17) is 4.42 Å². The van der Waals surface area contributed by atoms with Crippen LogP contribution in [0, 0.1) is 0 Å². The fraction of sp³-hybridized carbons (Fsp3) is 0.412. The number of benzene rings is 1. The molecule has 2 heterocycles. The van der Waals surface area contributed by atoms with Gasteiger partial charge < -0.3 is 4.42 Å². The van der Waals surface area contributed by atoms with Crippen molar-refractivity contribution in [1.29, 1.82) is 0 Å². The van der Waals surface area contributed by atoms with Gasteiger partial charge in [0.2, 0.25) is 10.0 Å². The number of piperidine rings is 1. The molecular weight excluding hydrogens is 312 g/mol. The normalized spacial score (nSPS) is 17.4. The molecule has 1 N–H and O–H groups in total. The first-order chi connectivity index (χ1) is 11.0. The van der Waals surface area contributed by atoms with E-state index >= 15 is 0 Å².